The summed E-state index contributed by atoms with van der Waals surface area (Å²) in [5.74, 6) is 0.790. The fourth-order valence-corrected chi connectivity index (χ4v) is 2.05. The van der Waals surface area contributed by atoms with Gasteiger partial charge in [0.15, 0.2) is 5.82 Å². The topological polar surface area (TPSA) is 128 Å². The Labute approximate surface area is 155 Å². The van der Waals surface area contributed by atoms with Crippen LogP contribution in [0, 0.1) is 6.92 Å². The lowest BCUT2D eigenvalue weighted by molar-refractivity contribution is 0.474. The third-order valence-corrected chi connectivity index (χ3v) is 3.47. The smallest absolute Gasteiger partial charge is 0.265 e. The number of hydrogen-bond acceptors (Lipinski definition) is 9. The molecule has 0 saturated carbocycles. The van der Waals surface area contributed by atoms with Crippen molar-refractivity contribution in [2.24, 2.45) is 10.2 Å². The molecule has 0 amide bonds. The molecule has 0 aliphatic carbocycles. The summed E-state index contributed by atoms with van der Waals surface area (Å²) >= 11 is 0. The minimum Gasteiger partial charge on any atom is -0.507 e. The summed E-state index contributed by atoms with van der Waals surface area (Å²) in [6, 6.07) is 13.6. The molecule has 0 radical (unpaired) electrons. The second kappa shape index (κ2) is 8.39. The van der Waals surface area contributed by atoms with E-state index in [0.717, 1.165) is 0 Å². The van der Waals surface area contributed by atoms with E-state index in [9.17, 15) is 10.2 Å². The number of rotatable bonds is 6. The Balaban J connectivity index is 1.67. The van der Waals surface area contributed by atoms with Gasteiger partial charge in [0.1, 0.15) is 17.2 Å². The molecular formula is C18H17N7O2. The van der Waals surface area contributed by atoms with Gasteiger partial charge in [0.05, 0.1) is 12.4 Å². The molecule has 4 N–H and O–H groups in total. The zero-order valence-electron chi connectivity index (χ0n) is 14.4. The lowest BCUT2D eigenvalue weighted by Crippen LogP contribution is -2.05. The van der Waals surface area contributed by atoms with Crippen molar-refractivity contribution in [3.05, 3.63) is 65.4 Å². The highest BCUT2D eigenvalue weighted by Crippen LogP contribution is 2.15. The maximum absolute atomic E-state index is 9.72. The van der Waals surface area contributed by atoms with E-state index in [2.05, 4.69) is 36.2 Å². The molecule has 0 atom stereocenters. The molecule has 0 saturated heterocycles. The minimum absolute atomic E-state index is 0.117. The van der Waals surface area contributed by atoms with Crippen LogP contribution in [0.2, 0.25) is 0 Å². The third kappa shape index (κ3) is 4.75. The number of anilines is 2. The molecule has 0 bridgehead atoms. The quantitative estimate of drug-likeness (QED) is 0.391. The van der Waals surface area contributed by atoms with Crippen molar-refractivity contribution in [1.82, 2.24) is 15.2 Å². The molecule has 1 aromatic heterocycles. The average molecular weight is 363 g/mol. The molecule has 3 aromatic rings. The molecule has 9 nitrogen and oxygen atoms in total. The first-order valence-corrected chi connectivity index (χ1v) is 7.99. The third-order valence-electron chi connectivity index (χ3n) is 3.47. The average Bonchev–Trinajstić information content (AvgIpc) is 2.67. The lowest BCUT2D eigenvalue weighted by atomic mass is 10.2. The predicted molar refractivity (Wildman–Crippen MR) is 103 cm³/mol. The van der Waals surface area contributed by atoms with Crippen LogP contribution in [0.5, 0.6) is 11.5 Å². The Morgan fingerprint density at radius 1 is 0.815 bits per heavy atom. The maximum Gasteiger partial charge on any atom is 0.265 e. The van der Waals surface area contributed by atoms with Crippen LogP contribution in [-0.4, -0.2) is 37.8 Å². The van der Waals surface area contributed by atoms with E-state index < -0.39 is 0 Å². The summed E-state index contributed by atoms with van der Waals surface area (Å²) in [5, 5.41) is 35.3. The highest BCUT2D eigenvalue weighted by Gasteiger charge is 2.04. The summed E-state index contributed by atoms with van der Waals surface area (Å²) in [5.41, 5.74) is 7.06. The maximum atomic E-state index is 9.72. The molecule has 0 aliphatic rings. The summed E-state index contributed by atoms with van der Waals surface area (Å²) in [6.07, 6.45) is 2.92. The summed E-state index contributed by atoms with van der Waals surface area (Å²) in [4.78, 5) is 4.23. The molecule has 0 spiro atoms. The summed E-state index contributed by atoms with van der Waals surface area (Å²) in [6.45, 7) is 1.73. The number of hydrazone groups is 2. The van der Waals surface area contributed by atoms with E-state index >= 15 is 0 Å². The number of aryl methyl sites for hydroxylation is 1. The number of nitrogens with zero attached hydrogens (tertiary/aromatic N) is 5. The van der Waals surface area contributed by atoms with Gasteiger partial charge in [0, 0.05) is 11.1 Å². The Morgan fingerprint density at radius 3 is 1.96 bits per heavy atom. The van der Waals surface area contributed by atoms with Crippen molar-refractivity contribution in [2.75, 3.05) is 10.9 Å². The molecule has 27 heavy (non-hydrogen) atoms. The number of phenolic OH excluding ortho intramolecular Hbond substituents is 2. The zero-order chi connectivity index (χ0) is 19.1. The van der Waals surface area contributed by atoms with Crippen LogP contribution in [0.15, 0.2) is 58.7 Å². The largest absolute Gasteiger partial charge is 0.507 e. The van der Waals surface area contributed by atoms with Crippen LogP contribution >= 0.6 is 0 Å². The van der Waals surface area contributed by atoms with Gasteiger partial charge in [-0.25, -0.2) is 5.43 Å². The lowest BCUT2D eigenvalue weighted by Gasteiger charge is -2.05. The highest BCUT2D eigenvalue weighted by atomic mass is 16.3. The van der Waals surface area contributed by atoms with Gasteiger partial charge in [0.2, 0.25) is 0 Å². The summed E-state index contributed by atoms with van der Waals surface area (Å²) in [7, 11) is 0. The second-order valence-corrected chi connectivity index (χ2v) is 5.43. The fraction of sp³-hybridized carbons (Fsp3) is 0.0556. The van der Waals surface area contributed by atoms with Crippen molar-refractivity contribution >= 4 is 24.2 Å². The van der Waals surface area contributed by atoms with Gasteiger partial charge in [-0.2, -0.15) is 15.2 Å². The van der Waals surface area contributed by atoms with Crippen molar-refractivity contribution in [1.29, 1.82) is 0 Å². The van der Waals surface area contributed by atoms with E-state index in [1.807, 2.05) is 0 Å². The van der Waals surface area contributed by atoms with Crippen LogP contribution < -0.4 is 10.9 Å². The minimum atomic E-state index is 0.117. The Kier molecular flexibility index (Phi) is 5.53. The van der Waals surface area contributed by atoms with Gasteiger partial charge >= 0.3 is 0 Å². The van der Waals surface area contributed by atoms with Crippen LogP contribution in [0.25, 0.3) is 0 Å². The molecule has 2 aromatic carbocycles. The Morgan fingerprint density at radius 2 is 1.37 bits per heavy atom. The molecule has 136 valence electrons. The zero-order valence-corrected chi connectivity index (χ0v) is 14.4. The monoisotopic (exact) mass is 363 g/mol. The van der Waals surface area contributed by atoms with Gasteiger partial charge in [-0.3, -0.25) is 5.43 Å². The van der Waals surface area contributed by atoms with Crippen LogP contribution in [-0.2, 0) is 0 Å². The first-order chi connectivity index (χ1) is 13.1. The number of aromatic hydroxyl groups is 2. The van der Waals surface area contributed by atoms with Crippen LogP contribution in [0.1, 0.15) is 16.8 Å². The molecule has 1 heterocycles. The first-order valence-electron chi connectivity index (χ1n) is 7.99. The SMILES string of the molecule is Cc1nnc(N/N=C\c2ccccc2O)nc1N/N=C\c1ccccc1O. The Bertz CT molecular complexity index is 989. The van der Waals surface area contributed by atoms with Crippen LogP contribution in [0.3, 0.4) is 0 Å². The van der Waals surface area contributed by atoms with Crippen molar-refractivity contribution in [2.45, 2.75) is 6.92 Å². The van der Waals surface area contributed by atoms with E-state index in [4.69, 9.17) is 0 Å². The standard InChI is InChI=1S/C18H17N7O2/c1-12-17(23-19-10-13-6-2-4-8-15(13)26)21-18(25-22-12)24-20-11-14-7-3-5-9-16(14)27/h2-11,26-27H,1H3,(H2,21,23,24,25)/b19-10-,20-11-. The number of aromatic nitrogens is 3. The molecule has 0 aliphatic heterocycles. The Hall–Kier alpha value is -4.01. The first kappa shape index (κ1) is 17.8. The fourth-order valence-electron chi connectivity index (χ4n) is 2.05. The number of benzene rings is 2. The van der Waals surface area contributed by atoms with E-state index in [1.54, 1.807) is 55.5 Å². The number of hydrogen-bond donors (Lipinski definition) is 4. The van der Waals surface area contributed by atoms with Crippen molar-refractivity contribution < 1.29 is 10.2 Å². The number of nitrogens with one attached hydrogen (secondary N) is 2. The van der Waals surface area contributed by atoms with E-state index in [1.165, 1.54) is 12.4 Å². The van der Waals surface area contributed by atoms with Gasteiger partial charge in [-0.05, 0) is 31.2 Å². The van der Waals surface area contributed by atoms with Gasteiger partial charge in [-0.1, -0.05) is 24.3 Å². The molecule has 0 unspecified atom stereocenters. The summed E-state index contributed by atoms with van der Waals surface area (Å²) < 4.78 is 0. The van der Waals surface area contributed by atoms with Gasteiger partial charge in [-0.15, -0.1) is 10.2 Å². The molecule has 9 heteroatoms. The number of para-hydroxylation sites is 2. The van der Waals surface area contributed by atoms with Crippen molar-refractivity contribution in [3.63, 3.8) is 0 Å². The second-order valence-electron chi connectivity index (χ2n) is 5.43. The highest BCUT2D eigenvalue weighted by molar-refractivity contribution is 5.84. The predicted octanol–water partition coefficient (Wildman–Crippen LogP) is 2.48. The molecule has 0 fully saturated rings. The van der Waals surface area contributed by atoms with E-state index in [0.29, 0.717) is 22.6 Å². The molecular weight excluding hydrogens is 346 g/mol. The number of phenols is 2. The van der Waals surface area contributed by atoms with Crippen LogP contribution in [0.4, 0.5) is 11.8 Å². The normalized spacial score (nSPS) is 11.1. The van der Waals surface area contributed by atoms with E-state index in [-0.39, 0.29) is 17.4 Å². The van der Waals surface area contributed by atoms with Gasteiger partial charge in [0.25, 0.3) is 5.95 Å². The van der Waals surface area contributed by atoms with Crippen molar-refractivity contribution in [3.8, 4) is 11.5 Å². The van der Waals surface area contributed by atoms with Gasteiger partial charge < -0.3 is 10.2 Å². The molecule has 3 rings (SSSR count).